The molecule has 94 valence electrons. The number of hydrogen-bond donors (Lipinski definition) is 2. The molecule has 0 fully saturated rings. The van der Waals surface area contributed by atoms with Gasteiger partial charge in [-0.15, -0.1) is 0 Å². The molecule has 0 amide bonds. The third-order valence-corrected chi connectivity index (χ3v) is 3.62. The number of halogens is 1. The number of rotatable bonds is 3. The van der Waals surface area contributed by atoms with Crippen molar-refractivity contribution in [3.8, 4) is 0 Å². The van der Waals surface area contributed by atoms with Crippen LogP contribution in [-0.2, 0) is 6.54 Å². The van der Waals surface area contributed by atoms with E-state index in [0.29, 0.717) is 0 Å². The highest BCUT2D eigenvalue weighted by Crippen LogP contribution is 2.28. The summed E-state index contributed by atoms with van der Waals surface area (Å²) in [5.41, 5.74) is 11.4. The molecule has 0 radical (unpaired) electrons. The Morgan fingerprint density at radius 2 is 1.78 bits per heavy atom. The van der Waals surface area contributed by atoms with Crippen LogP contribution in [0.4, 0.5) is 11.4 Å². The van der Waals surface area contributed by atoms with E-state index in [1.165, 1.54) is 11.1 Å². The first-order valence-electron chi connectivity index (χ1n) is 5.91. The molecule has 2 nitrogen and oxygen atoms in total. The lowest BCUT2D eigenvalue weighted by molar-refractivity contribution is 1.14. The fourth-order valence-corrected chi connectivity index (χ4v) is 2.24. The van der Waals surface area contributed by atoms with E-state index in [1.54, 1.807) is 0 Å². The molecule has 2 aromatic rings. The van der Waals surface area contributed by atoms with Gasteiger partial charge in [0.05, 0.1) is 0 Å². The Hall–Kier alpha value is -1.48. The SMILES string of the molecule is Cc1ccc(CNc2cc(C)c(N)cc2Br)cc1. The standard InChI is InChI=1S/C15H17BrN2/c1-10-3-5-12(6-4-10)9-18-15-7-11(2)14(17)8-13(15)16/h3-8,18H,9,17H2,1-2H3. The summed E-state index contributed by atoms with van der Waals surface area (Å²) >= 11 is 3.52. The van der Waals surface area contributed by atoms with Crippen molar-refractivity contribution in [1.82, 2.24) is 0 Å². The average molecular weight is 305 g/mol. The van der Waals surface area contributed by atoms with E-state index < -0.39 is 0 Å². The summed E-state index contributed by atoms with van der Waals surface area (Å²) in [5.74, 6) is 0. The molecule has 0 unspecified atom stereocenters. The van der Waals surface area contributed by atoms with Gasteiger partial charge < -0.3 is 11.1 Å². The van der Waals surface area contributed by atoms with Crippen LogP contribution in [0.1, 0.15) is 16.7 Å². The Kier molecular flexibility index (Phi) is 3.92. The first kappa shape index (κ1) is 13.0. The lowest BCUT2D eigenvalue weighted by Gasteiger charge is -2.11. The Morgan fingerprint density at radius 3 is 2.44 bits per heavy atom. The van der Waals surface area contributed by atoms with Crippen molar-refractivity contribution >= 4 is 27.3 Å². The highest BCUT2D eigenvalue weighted by atomic mass is 79.9. The van der Waals surface area contributed by atoms with Crippen LogP contribution in [0.15, 0.2) is 40.9 Å². The highest BCUT2D eigenvalue weighted by molar-refractivity contribution is 9.10. The van der Waals surface area contributed by atoms with Crippen molar-refractivity contribution in [1.29, 1.82) is 0 Å². The molecular formula is C15H17BrN2. The molecule has 0 aliphatic carbocycles. The molecule has 3 N–H and O–H groups in total. The summed E-state index contributed by atoms with van der Waals surface area (Å²) in [5, 5.41) is 3.41. The molecule has 18 heavy (non-hydrogen) atoms. The maximum absolute atomic E-state index is 5.86. The monoisotopic (exact) mass is 304 g/mol. The summed E-state index contributed by atoms with van der Waals surface area (Å²) in [6, 6.07) is 12.5. The van der Waals surface area contributed by atoms with E-state index in [-0.39, 0.29) is 0 Å². The minimum Gasteiger partial charge on any atom is -0.398 e. The molecule has 0 aromatic heterocycles. The van der Waals surface area contributed by atoms with Crippen LogP contribution in [0.2, 0.25) is 0 Å². The van der Waals surface area contributed by atoms with E-state index in [4.69, 9.17) is 5.73 Å². The molecule has 0 aliphatic rings. The smallest absolute Gasteiger partial charge is 0.0491 e. The molecule has 0 saturated heterocycles. The van der Waals surface area contributed by atoms with Crippen molar-refractivity contribution in [3.63, 3.8) is 0 Å². The number of benzene rings is 2. The molecule has 2 aromatic carbocycles. The Bertz CT molecular complexity index is 547. The number of nitrogens with two attached hydrogens (primary N) is 1. The zero-order valence-corrected chi connectivity index (χ0v) is 12.2. The van der Waals surface area contributed by atoms with Crippen LogP contribution in [-0.4, -0.2) is 0 Å². The molecular weight excluding hydrogens is 288 g/mol. The van der Waals surface area contributed by atoms with Crippen molar-refractivity contribution in [2.75, 3.05) is 11.1 Å². The average Bonchev–Trinajstić information content (AvgIpc) is 2.34. The predicted octanol–water partition coefficient (Wildman–Crippen LogP) is 4.26. The predicted molar refractivity (Wildman–Crippen MR) is 81.8 cm³/mol. The molecule has 0 heterocycles. The number of nitrogen functional groups attached to an aromatic ring is 1. The quantitative estimate of drug-likeness (QED) is 0.832. The number of anilines is 2. The van der Waals surface area contributed by atoms with Gasteiger partial charge in [0.1, 0.15) is 0 Å². The van der Waals surface area contributed by atoms with Crippen LogP contribution >= 0.6 is 15.9 Å². The first-order valence-corrected chi connectivity index (χ1v) is 6.70. The fourth-order valence-electron chi connectivity index (χ4n) is 1.74. The minimum atomic E-state index is 0.808. The second-order valence-electron chi connectivity index (χ2n) is 4.53. The van der Waals surface area contributed by atoms with Crippen molar-refractivity contribution < 1.29 is 0 Å². The van der Waals surface area contributed by atoms with Gasteiger partial charge in [0, 0.05) is 22.4 Å². The third kappa shape index (κ3) is 3.05. The Balaban J connectivity index is 2.10. The summed E-state index contributed by atoms with van der Waals surface area (Å²) in [7, 11) is 0. The summed E-state index contributed by atoms with van der Waals surface area (Å²) in [6.07, 6.45) is 0. The summed E-state index contributed by atoms with van der Waals surface area (Å²) < 4.78 is 0.998. The van der Waals surface area contributed by atoms with Gasteiger partial charge in [-0.3, -0.25) is 0 Å². The number of nitrogens with one attached hydrogen (secondary N) is 1. The summed E-state index contributed by atoms with van der Waals surface area (Å²) in [4.78, 5) is 0. The van der Waals surface area contributed by atoms with E-state index in [2.05, 4.69) is 58.5 Å². The van der Waals surface area contributed by atoms with Crippen molar-refractivity contribution in [2.24, 2.45) is 0 Å². The van der Waals surface area contributed by atoms with Crippen LogP contribution in [0, 0.1) is 13.8 Å². The topological polar surface area (TPSA) is 38.0 Å². The van der Waals surface area contributed by atoms with Gasteiger partial charge >= 0.3 is 0 Å². The van der Waals surface area contributed by atoms with E-state index >= 15 is 0 Å². The number of aryl methyl sites for hydroxylation is 2. The molecule has 0 bridgehead atoms. The van der Waals surface area contributed by atoms with Gasteiger partial charge in [-0.2, -0.15) is 0 Å². The van der Waals surface area contributed by atoms with Gasteiger partial charge in [0.2, 0.25) is 0 Å². The van der Waals surface area contributed by atoms with Gasteiger partial charge in [0.15, 0.2) is 0 Å². The van der Waals surface area contributed by atoms with E-state index in [1.807, 2.05) is 13.0 Å². The second-order valence-corrected chi connectivity index (χ2v) is 5.38. The summed E-state index contributed by atoms with van der Waals surface area (Å²) in [6.45, 7) is 4.91. The van der Waals surface area contributed by atoms with Crippen LogP contribution < -0.4 is 11.1 Å². The Labute approximate surface area is 116 Å². The maximum atomic E-state index is 5.86. The van der Waals surface area contributed by atoms with E-state index in [0.717, 1.165) is 28.0 Å². The van der Waals surface area contributed by atoms with Gasteiger partial charge in [0.25, 0.3) is 0 Å². The third-order valence-electron chi connectivity index (χ3n) is 2.96. The Morgan fingerprint density at radius 1 is 1.11 bits per heavy atom. The van der Waals surface area contributed by atoms with Crippen molar-refractivity contribution in [3.05, 3.63) is 57.6 Å². The largest absolute Gasteiger partial charge is 0.398 e. The van der Waals surface area contributed by atoms with Gasteiger partial charge in [-0.05, 0) is 53.0 Å². The second kappa shape index (κ2) is 5.44. The van der Waals surface area contributed by atoms with Crippen LogP contribution in [0.5, 0.6) is 0 Å². The lowest BCUT2D eigenvalue weighted by atomic mass is 10.1. The van der Waals surface area contributed by atoms with Crippen LogP contribution in [0.3, 0.4) is 0 Å². The van der Waals surface area contributed by atoms with E-state index in [9.17, 15) is 0 Å². The minimum absolute atomic E-state index is 0.808. The molecule has 0 atom stereocenters. The molecule has 0 aliphatic heterocycles. The van der Waals surface area contributed by atoms with Gasteiger partial charge in [-0.25, -0.2) is 0 Å². The fraction of sp³-hybridized carbons (Fsp3) is 0.200. The highest BCUT2D eigenvalue weighted by Gasteiger charge is 2.03. The first-order chi connectivity index (χ1) is 8.56. The number of hydrogen-bond acceptors (Lipinski definition) is 2. The van der Waals surface area contributed by atoms with Gasteiger partial charge in [-0.1, -0.05) is 29.8 Å². The maximum Gasteiger partial charge on any atom is 0.0491 e. The molecule has 2 rings (SSSR count). The van der Waals surface area contributed by atoms with Crippen LogP contribution in [0.25, 0.3) is 0 Å². The van der Waals surface area contributed by atoms with Crippen molar-refractivity contribution in [2.45, 2.75) is 20.4 Å². The zero-order chi connectivity index (χ0) is 13.1. The zero-order valence-electron chi connectivity index (χ0n) is 10.6. The molecule has 3 heteroatoms. The lowest BCUT2D eigenvalue weighted by Crippen LogP contribution is -2.01. The molecule has 0 saturated carbocycles. The molecule has 0 spiro atoms. The normalized spacial score (nSPS) is 10.4.